The van der Waals surface area contributed by atoms with Crippen molar-refractivity contribution in [2.75, 3.05) is 14.2 Å². The third kappa shape index (κ3) is 3.99. The van der Waals surface area contributed by atoms with Crippen LogP contribution in [0, 0.1) is 0 Å². The Morgan fingerprint density at radius 1 is 1.14 bits per heavy atom. The minimum atomic E-state index is -0.424. The van der Waals surface area contributed by atoms with Gasteiger partial charge in [-0.15, -0.1) is 0 Å². The lowest BCUT2D eigenvalue weighted by Gasteiger charge is -2.07. The van der Waals surface area contributed by atoms with Crippen LogP contribution in [0.5, 0.6) is 5.75 Å². The van der Waals surface area contributed by atoms with E-state index in [0.29, 0.717) is 22.0 Å². The number of ether oxygens (including phenoxy) is 2. The summed E-state index contributed by atoms with van der Waals surface area (Å²) in [4.78, 5) is 29.4. The first kappa shape index (κ1) is 19.8. The standard InChI is InChI=1S/C21H22N2O4S/c1-13(2)14-9-10-16-18(11-14)28-21(23(16)12-19(24)27-4)22-20(25)15-7-5-6-8-17(15)26-3/h5-11,13H,12H2,1-4H3. The lowest BCUT2D eigenvalue weighted by Crippen LogP contribution is -2.22. The lowest BCUT2D eigenvalue weighted by molar-refractivity contribution is -0.141. The number of nitrogens with zero attached hydrogens (tertiary/aromatic N) is 2. The molecule has 0 bridgehead atoms. The summed E-state index contributed by atoms with van der Waals surface area (Å²) in [6.45, 7) is 4.22. The van der Waals surface area contributed by atoms with Crippen LogP contribution in [0.4, 0.5) is 0 Å². The number of fused-ring (bicyclic) bond motifs is 1. The van der Waals surface area contributed by atoms with E-state index in [-0.39, 0.29) is 6.54 Å². The van der Waals surface area contributed by atoms with Crippen molar-refractivity contribution in [3.05, 3.63) is 58.4 Å². The van der Waals surface area contributed by atoms with E-state index in [1.165, 1.54) is 31.1 Å². The highest BCUT2D eigenvalue weighted by Gasteiger charge is 2.15. The zero-order valence-electron chi connectivity index (χ0n) is 16.3. The van der Waals surface area contributed by atoms with E-state index in [9.17, 15) is 9.59 Å². The van der Waals surface area contributed by atoms with E-state index >= 15 is 0 Å². The van der Waals surface area contributed by atoms with Crippen molar-refractivity contribution < 1.29 is 19.1 Å². The number of carbonyl (C=O) groups is 2. The largest absolute Gasteiger partial charge is 0.496 e. The molecule has 28 heavy (non-hydrogen) atoms. The molecule has 0 atom stereocenters. The molecule has 1 heterocycles. The molecule has 0 aliphatic carbocycles. The number of aromatic nitrogens is 1. The molecular formula is C21H22N2O4S. The van der Waals surface area contributed by atoms with Crippen LogP contribution in [0.25, 0.3) is 10.2 Å². The zero-order valence-corrected chi connectivity index (χ0v) is 17.1. The molecule has 0 unspecified atom stereocenters. The zero-order chi connectivity index (χ0) is 20.3. The van der Waals surface area contributed by atoms with E-state index in [1.54, 1.807) is 28.8 Å². The lowest BCUT2D eigenvalue weighted by atomic mass is 10.0. The van der Waals surface area contributed by atoms with Crippen LogP contribution in [-0.2, 0) is 16.1 Å². The van der Waals surface area contributed by atoms with Gasteiger partial charge in [0.05, 0.1) is 30.0 Å². The molecule has 0 radical (unpaired) electrons. The van der Waals surface area contributed by atoms with Gasteiger partial charge in [0, 0.05) is 0 Å². The molecule has 0 fully saturated rings. The van der Waals surface area contributed by atoms with Crippen LogP contribution in [0.3, 0.4) is 0 Å². The molecule has 2 aromatic carbocycles. The van der Waals surface area contributed by atoms with Crippen molar-refractivity contribution in [1.29, 1.82) is 0 Å². The second-order valence-corrected chi connectivity index (χ2v) is 7.56. The van der Waals surface area contributed by atoms with Crippen LogP contribution in [0.2, 0.25) is 0 Å². The highest BCUT2D eigenvalue weighted by molar-refractivity contribution is 7.16. The first-order valence-corrected chi connectivity index (χ1v) is 9.68. The number of carbonyl (C=O) groups excluding carboxylic acids is 2. The number of thiazole rings is 1. The Hall–Kier alpha value is -2.93. The molecule has 3 aromatic rings. The first-order chi connectivity index (χ1) is 13.4. The van der Waals surface area contributed by atoms with Gasteiger partial charge in [-0.2, -0.15) is 4.99 Å². The number of hydrogen-bond donors (Lipinski definition) is 0. The molecule has 6 nitrogen and oxygen atoms in total. The van der Waals surface area contributed by atoms with E-state index in [4.69, 9.17) is 9.47 Å². The number of methoxy groups -OCH3 is 2. The molecule has 0 aliphatic rings. The Balaban J connectivity index is 2.17. The fourth-order valence-electron chi connectivity index (χ4n) is 2.85. The average Bonchev–Trinajstić information content (AvgIpc) is 3.03. The van der Waals surface area contributed by atoms with Crippen molar-refractivity contribution in [2.24, 2.45) is 4.99 Å². The van der Waals surface area contributed by atoms with Crippen LogP contribution < -0.4 is 9.54 Å². The highest BCUT2D eigenvalue weighted by atomic mass is 32.1. The van der Waals surface area contributed by atoms with Crippen molar-refractivity contribution >= 4 is 33.4 Å². The Kier molecular flexibility index (Phi) is 5.94. The van der Waals surface area contributed by atoms with Gasteiger partial charge in [-0.25, -0.2) is 0 Å². The van der Waals surface area contributed by atoms with E-state index in [1.807, 2.05) is 12.1 Å². The molecule has 1 amide bonds. The van der Waals surface area contributed by atoms with Crippen LogP contribution in [-0.4, -0.2) is 30.7 Å². The number of rotatable bonds is 5. The average molecular weight is 398 g/mol. The third-order valence-corrected chi connectivity index (χ3v) is 5.46. The van der Waals surface area contributed by atoms with Crippen LogP contribution in [0.15, 0.2) is 47.5 Å². The molecule has 0 saturated carbocycles. The Labute approximate surface area is 167 Å². The van der Waals surface area contributed by atoms with E-state index in [2.05, 4.69) is 24.9 Å². The van der Waals surface area contributed by atoms with E-state index in [0.717, 1.165) is 10.2 Å². The quantitative estimate of drug-likeness (QED) is 0.614. The van der Waals surface area contributed by atoms with Gasteiger partial charge in [-0.05, 0) is 35.7 Å². The molecule has 0 spiro atoms. The molecule has 7 heteroatoms. The summed E-state index contributed by atoms with van der Waals surface area (Å²) in [6, 6.07) is 13.0. The maximum atomic E-state index is 12.8. The number of esters is 1. The summed E-state index contributed by atoms with van der Waals surface area (Å²) in [7, 11) is 2.85. The normalized spacial score (nSPS) is 11.8. The Bertz CT molecular complexity index is 1100. The summed E-state index contributed by atoms with van der Waals surface area (Å²) in [5, 5.41) is 0. The van der Waals surface area contributed by atoms with Crippen LogP contribution in [0.1, 0.15) is 35.7 Å². The predicted molar refractivity (Wildman–Crippen MR) is 109 cm³/mol. The van der Waals surface area contributed by atoms with Crippen LogP contribution >= 0.6 is 11.3 Å². The van der Waals surface area contributed by atoms with Gasteiger partial charge >= 0.3 is 5.97 Å². The van der Waals surface area contributed by atoms with Gasteiger partial charge in [-0.1, -0.05) is 43.4 Å². The van der Waals surface area contributed by atoms with Gasteiger partial charge in [0.1, 0.15) is 12.3 Å². The number of hydrogen-bond acceptors (Lipinski definition) is 5. The smallest absolute Gasteiger partial charge is 0.325 e. The first-order valence-electron chi connectivity index (χ1n) is 8.86. The fourth-order valence-corrected chi connectivity index (χ4v) is 3.93. The Morgan fingerprint density at radius 3 is 2.57 bits per heavy atom. The van der Waals surface area contributed by atoms with Crippen molar-refractivity contribution in [1.82, 2.24) is 4.57 Å². The number of para-hydroxylation sites is 1. The summed E-state index contributed by atoms with van der Waals surface area (Å²) in [6.07, 6.45) is 0. The minimum absolute atomic E-state index is 0.0183. The second kappa shape index (κ2) is 8.39. The van der Waals surface area contributed by atoms with Crippen molar-refractivity contribution in [2.45, 2.75) is 26.3 Å². The molecular weight excluding hydrogens is 376 g/mol. The predicted octanol–water partition coefficient (Wildman–Crippen LogP) is 3.75. The molecule has 0 aliphatic heterocycles. The van der Waals surface area contributed by atoms with Gasteiger partial charge in [0.25, 0.3) is 5.91 Å². The van der Waals surface area contributed by atoms with Gasteiger partial charge in [0.15, 0.2) is 4.80 Å². The molecule has 0 N–H and O–H groups in total. The molecule has 0 saturated heterocycles. The van der Waals surface area contributed by atoms with Gasteiger partial charge in [-0.3, -0.25) is 9.59 Å². The molecule has 146 valence electrons. The summed E-state index contributed by atoms with van der Waals surface area (Å²) in [5.41, 5.74) is 2.39. The molecule has 3 rings (SSSR count). The fraction of sp³-hybridized carbons (Fsp3) is 0.286. The number of benzene rings is 2. The number of amides is 1. The maximum Gasteiger partial charge on any atom is 0.325 e. The summed E-state index contributed by atoms with van der Waals surface area (Å²) < 4.78 is 12.7. The second-order valence-electron chi connectivity index (χ2n) is 6.55. The topological polar surface area (TPSA) is 69.9 Å². The highest BCUT2D eigenvalue weighted by Crippen LogP contribution is 2.24. The molecule has 1 aromatic heterocycles. The minimum Gasteiger partial charge on any atom is -0.496 e. The van der Waals surface area contributed by atoms with E-state index < -0.39 is 11.9 Å². The van der Waals surface area contributed by atoms with Crippen molar-refractivity contribution in [3.8, 4) is 5.75 Å². The van der Waals surface area contributed by atoms with Crippen molar-refractivity contribution in [3.63, 3.8) is 0 Å². The summed E-state index contributed by atoms with van der Waals surface area (Å²) >= 11 is 1.37. The third-order valence-electron chi connectivity index (χ3n) is 4.42. The monoisotopic (exact) mass is 398 g/mol. The van der Waals surface area contributed by atoms with Gasteiger partial charge < -0.3 is 14.0 Å². The Morgan fingerprint density at radius 2 is 1.89 bits per heavy atom. The summed E-state index contributed by atoms with van der Waals surface area (Å²) in [5.74, 6) is 0.000613. The van der Waals surface area contributed by atoms with Gasteiger partial charge in [0.2, 0.25) is 0 Å². The SMILES string of the molecule is COC(=O)Cn1c(=NC(=O)c2ccccc2OC)sc2cc(C(C)C)ccc21. The maximum absolute atomic E-state index is 12.8.